The number of rotatable bonds is 5. The summed E-state index contributed by atoms with van der Waals surface area (Å²) in [6.45, 7) is 0. The molecule has 1 atom stereocenters. The molecule has 0 aliphatic heterocycles. The molecule has 2 aromatic carbocycles. The SMILES string of the molecule is COc1ccc(C(Cl)Cc2ccc(Cl)cc2)cc1OC. The Bertz CT molecular complexity index is 567. The number of alkyl halides is 1. The van der Waals surface area contributed by atoms with Crippen LogP contribution in [0.25, 0.3) is 0 Å². The van der Waals surface area contributed by atoms with Gasteiger partial charge in [-0.1, -0.05) is 29.8 Å². The smallest absolute Gasteiger partial charge is 0.161 e. The first-order chi connectivity index (χ1) is 9.63. The van der Waals surface area contributed by atoms with Crippen LogP contribution in [0.2, 0.25) is 5.02 Å². The zero-order valence-electron chi connectivity index (χ0n) is 11.4. The van der Waals surface area contributed by atoms with Crippen LogP contribution < -0.4 is 9.47 Å². The molecule has 0 bridgehead atoms. The minimum Gasteiger partial charge on any atom is -0.493 e. The van der Waals surface area contributed by atoms with Crippen molar-refractivity contribution in [3.63, 3.8) is 0 Å². The van der Waals surface area contributed by atoms with Crippen molar-refractivity contribution in [2.45, 2.75) is 11.8 Å². The number of hydrogen-bond donors (Lipinski definition) is 0. The molecular formula is C16H16Cl2O2. The van der Waals surface area contributed by atoms with Crippen molar-refractivity contribution in [1.29, 1.82) is 0 Å². The highest BCUT2D eigenvalue weighted by Crippen LogP contribution is 2.33. The van der Waals surface area contributed by atoms with E-state index >= 15 is 0 Å². The topological polar surface area (TPSA) is 18.5 Å². The van der Waals surface area contributed by atoms with Crippen molar-refractivity contribution in [1.82, 2.24) is 0 Å². The number of hydrogen-bond acceptors (Lipinski definition) is 2. The summed E-state index contributed by atoms with van der Waals surface area (Å²) in [7, 11) is 3.23. The Balaban J connectivity index is 2.16. The predicted molar refractivity (Wildman–Crippen MR) is 83.3 cm³/mol. The summed E-state index contributed by atoms with van der Waals surface area (Å²) in [6, 6.07) is 13.4. The molecule has 106 valence electrons. The fraction of sp³-hybridized carbons (Fsp3) is 0.250. The van der Waals surface area contributed by atoms with E-state index in [0.717, 1.165) is 22.6 Å². The van der Waals surface area contributed by atoms with Crippen molar-refractivity contribution < 1.29 is 9.47 Å². The lowest BCUT2D eigenvalue weighted by Gasteiger charge is -2.13. The first-order valence-electron chi connectivity index (χ1n) is 6.24. The minimum absolute atomic E-state index is 0.129. The molecule has 0 spiro atoms. The first kappa shape index (κ1) is 15.0. The van der Waals surface area contributed by atoms with Gasteiger partial charge in [-0.2, -0.15) is 0 Å². The average molecular weight is 311 g/mol. The van der Waals surface area contributed by atoms with E-state index in [1.54, 1.807) is 14.2 Å². The maximum absolute atomic E-state index is 6.48. The quantitative estimate of drug-likeness (QED) is 0.733. The Labute approximate surface area is 129 Å². The highest BCUT2D eigenvalue weighted by Gasteiger charge is 2.12. The van der Waals surface area contributed by atoms with Crippen LogP contribution in [-0.2, 0) is 6.42 Å². The lowest BCUT2D eigenvalue weighted by Crippen LogP contribution is -1.98. The highest BCUT2D eigenvalue weighted by molar-refractivity contribution is 6.30. The Kier molecular flexibility index (Phi) is 5.16. The summed E-state index contributed by atoms with van der Waals surface area (Å²) in [6.07, 6.45) is 0.730. The zero-order valence-corrected chi connectivity index (χ0v) is 12.9. The van der Waals surface area contributed by atoms with E-state index in [-0.39, 0.29) is 5.38 Å². The van der Waals surface area contributed by atoms with Crippen molar-refractivity contribution in [3.05, 3.63) is 58.6 Å². The van der Waals surface area contributed by atoms with Crippen LogP contribution in [0.15, 0.2) is 42.5 Å². The van der Waals surface area contributed by atoms with Crippen LogP contribution in [0.5, 0.6) is 11.5 Å². The third-order valence-electron chi connectivity index (χ3n) is 3.10. The van der Waals surface area contributed by atoms with Crippen LogP contribution in [-0.4, -0.2) is 14.2 Å². The van der Waals surface area contributed by atoms with Gasteiger partial charge in [-0.05, 0) is 41.8 Å². The van der Waals surface area contributed by atoms with E-state index in [2.05, 4.69) is 0 Å². The monoisotopic (exact) mass is 310 g/mol. The lowest BCUT2D eigenvalue weighted by atomic mass is 10.0. The summed E-state index contributed by atoms with van der Waals surface area (Å²) in [5.41, 5.74) is 2.14. The van der Waals surface area contributed by atoms with Gasteiger partial charge in [0.25, 0.3) is 0 Å². The zero-order chi connectivity index (χ0) is 14.5. The van der Waals surface area contributed by atoms with Crippen molar-refractivity contribution in [2.75, 3.05) is 14.2 Å². The van der Waals surface area contributed by atoms with Crippen molar-refractivity contribution in [2.24, 2.45) is 0 Å². The Morgan fingerprint density at radius 2 is 1.60 bits per heavy atom. The largest absolute Gasteiger partial charge is 0.493 e. The number of methoxy groups -OCH3 is 2. The average Bonchev–Trinajstić information content (AvgIpc) is 2.48. The van der Waals surface area contributed by atoms with E-state index in [4.69, 9.17) is 32.7 Å². The van der Waals surface area contributed by atoms with Crippen LogP contribution in [0.1, 0.15) is 16.5 Å². The molecule has 0 amide bonds. The predicted octanol–water partition coefficient (Wildman–Crippen LogP) is 4.88. The summed E-state index contributed by atoms with van der Waals surface area (Å²) < 4.78 is 10.5. The van der Waals surface area contributed by atoms with Gasteiger partial charge in [0.1, 0.15) is 0 Å². The fourth-order valence-corrected chi connectivity index (χ4v) is 2.43. The standard InChI is InChI=1S/C16H16Cl2O2/c1-19-15-8-5-12(10-16(15)20-2)14(18)9-11-3-6-13(17)7-4-11/h3-8,10,14H,9H2,1-2H3. The molecular weight excluding hydrogens is 295 g/mol. The second kappa shape index (κ2) is 6.87. The minimum atomic E-state index is -0.129. The molecule has 0 aliphatic carbocycles. The van der Waals surface area contributed by atoms with Crippen LogP contribution >= 0.6 is 23.2 Å². The maximum atomic E-state index is 6.48. The van der Waals surface area contributed by atoms with Crippen molar-refractivity contribution in [3.8, 4) is 11.5 Å². The molecule has 0 radical (unpaired) electrons. The number of ether oxygens (including phenoxy) is 2. The molecule has 0 aliphatic rings. The van der Waals surface area contributed by atoms with Gasteiger partial charge >= 0.3 is 0 Å². The summed E-state index contributed by atoms with van der Waals surface area (Å²) in [5, 5.41) is 0.599. The number of benzene rings is 2. The van der Waals surface area contributed by atoms with Gasteiger partial charge in [-0.25, -0.2) is 0 Å². The highest BCUT2D eigenvalue weighted by atomic mass is 35.5. The third-order valence-corrected chi connectivity index (χ3v) is 3.76. The lowest BCUT2D eigenvalue weighted by molar-refractivity contribution is 0.354. The van der Waals surface area contributed by atoms with Gasteiger partial charge < -0.3 is 9.47 Å². The van der Waals surface area contributed by atoms with Gasteiger partial charge in [-0.3, -0.25) is 0 Å². The van der Waals surface area contributed by atoms with Crippen molar-refractivity contribution >= 4 is 23.2 Å². The first-order valence-corrected chi connectivity index (χ1v) is 7.06. The third kappa shape index (κ3) is 3.59. The van der Waals surface area contributed by atoms with Gasteiger partial charge in [0.2, 0.25) is 0 Å². The molecule has 0 heterocycles. The number of halogens is 2. The summed E-state index contributed by atoms with van der Waals surface area (Å²) >= 11 is 12.4. The van der Waals surface area contributed by atoms with Crippen LogP contribution in [0.3, 0.4) is 0 Å². The van der Waals surface area contributed by atoms with E-state index in [9.17, 15) is 0 Å². The van der Waals surface area contributed by atoms with Crippen LogP contribution in [0.4, 0.5) is 0 Å². The normalized spacial score (nSPS) is 12.0. The molecule has 0 aromatic heterocycles. The molecule has 2 rings (SSSR count). The van der Waals surface area contributed by atoms with Gasteiger partial charge in [0.15, 0.2) is 11.5 Å². The maximum Gasteiger partial charge on any atom is 0.161 e. The Morgan fingerprint density at radius 3 is 2.20 bits per heavy atom. The van der Waals surface area contributed by atoms with Gasteiger partial charge in [0, 0.05) is 5.02 Å². The molecule has 20 heavy (non-hydrogen) atoms. The molecule has 0 fully saturated rings. The Morgan fingerprint density at radius 1 is 0.950 bits per heavy atom. The van der Waals surface area contributed by atoms with Crippen LogP contribution in [0, 0.1) is 0 Å². The van der Waals surface area contributed by atoms with Gasteiger partial charge in [0.05, 0.1) is 19.6 Å². The second-order valence-corrected chi connectivity index (χ2v) is 5.38. The van der Waals surface area contributed by atoms with Gasteiger partial charge in [-0.15, -0.1) is 11.6 Å². The molecule has 2 nitrogen and oxygen atoms in total. The molecule has 0 saturated heterocycles. The Hall–Kier alpha value is -1.38. The molecule has 4 heteroatoms. The van der Waals surface area contributed by atoms with E-state index in [1.165, 1.54) is 0 Å². The molecule has 2 aromatic rings. The van der Waals surface area contributed by atoms with E-state index in [0.29, 0.717) is 11.5 Å². The summed E-state index contributed by atoms with van der Waals surface area (Å²) in [5.74, 6) is 1.39. The summed E-state index contributed by atoms with van der Waals surface area (Å²) in [4.78, 5) is 0. The van der Waals surface area contributed by atoms with E-state index in [1.807, 2.05) is 42.5 Å². The molecule has 0 N–H and O–H groups in total. The second-order valence-electron chi connectivity index (χ2n) is 4.41. The molecule has 1 unspecified atom stereocenters. The van der Waals surface area contributed by atoms with E-state index < -0.39 is 0 Å². The fourth-order valence-electron chi connectivity index (χ4n) is 1.99. The molecule has 0 saturated carbocycles.